The summed E-state index contributed by atoms with van der Waals surface area (Å²) in [5.41, 5.74) is 0. The van der Waals surface area contributed by atoms with Gasteiger partial charge in [0.25, 0.3) is 0 Å². The minimum absolute atomic E-state index is 0.0981. The van der Waals surface area contributed by atoms with Crippen LogP contribution in [0, 0.1) is 0 Å². The van der Waals surface area contributed by atoms with Crippen LogP contribution in [0.15, 0.2) is 0 Å². The number of hydrogen-bond donors (Lipinski definition) is 0. The first-order valence-electron chi connectivity index (χ1n) is 4.66. The molecule has 0 heterocycles. The van der Waals surface area contributed by atoms with Gasteiger partial charge in [-0.05, 0) is 26.3 Å². The maximum atomic E-state index is 6.18. The Kier molecular flexibility index (Phi) is 6.16. The Morgan fingerprint density at radius 3 is 2.31 bits per heavy atom. The Labute approximate surface area is 96.0 Å². The fraction of sp³-hybridized carbons (Fsp3) is 1.00. The first kappa shape index (κ1) is 13.9. The van der Waals surface area contributed by atoms with E-state index in [9.17, 15) is 0 Å². The summed E-state index contributed by atoms with van der Waals surface area (Å²) in [4.78, 5) is 0. The van der Waals surface area contributed by atoms with Crippen molar-refractivity contribution in [2.45, 2.75) is 43.7 Å². The molecule has 0 amide bonds. The van der Waals surface area contributed by atoms with Crippen LogP contribution in [0.4, 0.5) is 0 Å². The second-order valence-electron chi connectivity index (χ2n) is 4.59. The van der Waals surface area contributed by atoms with Crippen molar-refractivity contribution in [1.82, 2.24) is 0 Å². The van der Waals surface area contributed by atoms with Crippen LogP contribution >= 0.6 is 27.0 Å². The van der Waals surface area contributed by atoms with Gasteiger partial charge < -0.3 is 4.74 Å². The van der Waals surface area contributed by atoms with Gasteiger partial charge in [-0.25, -0.2) is 0 Å². The molecule has 0 aliphatic heterocycles. The Balaban J connectivity index is 3.28. The third kappa shape index (κ3) is 12.9. The fourth-order valence-electron chi connectivity index (χ4n) is 0.909. The molecule has 0 bridgehead atoms. The van der Waals surface area contributed by atoms with E-state index in [1.54, 1.807) is 0 Å². The summed E-state index contributed by atoms with van der Waals surface area (Å²) in [6.45, 7) is 10.1. The maximum Gasteiger partial charge on any atom is 0.150 e. The molecule has 0 fully saturated rings. The second-order valence-corrected chi connectivity index (χ2v) is 13.7. The summed E-state index contributed by atoms with van der Waals surface area (Å²) in [6, 6.07) is 1.14. The molecule has 0 radical (unpaired) electrons. The topological polar surface area (TPSA) is 9.23 Å². The van der Waals surface area contributed by atoms with E-state index in [0.717, 1.165) is 25.7 Å². The smallest absolute Gasteiger partial charge is 0.150 e. The standard InChI is InChI=1S/C9H20BrClOSi/c1-9(2,10)8-12-6-5-7-13(3,4)11/h5-8H2,1-4H3. The van der Waals surface area contributed by atoms with E-state index in [0.29, 0.717) is 0 Å². The van der Waals surface area contributed by atoms with Crippen LogP contribution < -0.4 is 0 Å². The van der Waals surface area contributed by atoms with E-state index >= 15 is 0 Å². The molecule has 0 aromatic heterocycles. The van der Waals surface area contributed by atoms with Gasteiger partial charge in [-0.2, -0.15) is 11.1 Å². The Morgan fingerprint density at radius 1 is 1.38 bits per heavy atom. The lowest BCUT2D eigenvalue weighted by molar-refractivity contribution is 0.121. The molecule has 0 aliphatic carbocycles. The van der Waals surface area contributed by atoms with Crippen molar-refractivity contribution in [1.29, 1.82) is 0 Å². The normalized spacial score (nSPS) is 13.4. The first-order chi connectivity index (χ1) is 5.71. The van der Waals surface area contributed by atoms with Crippen molar-refractivity contribution in [3.63, 3.8) is 0 Å². The molecule has 0 saturated heterocycles. The van der Waals surface area contributed by atoms with Crippen molar-refractivity contribution < 1.29 is 4.74 Å². The fourth-order valence-corrected chi connectivity index (χ4v) is 2.46. The summed E-state index contributed by atoms with van der Waals surface area (Å²) >= 11 is 9.70. The van der Waals surface area contributed by atoms with Gasteiger partial charge in [0.05, 0.1) is 6.61 Å². The molecule has 0 saturated carbocycles. The Morgan fingerprint density at radius 2 is 1.92 bits per heavy atom. The quantitative estimate of drug-likeness (QED) is 0.310. The van der Waals surface area contributed by atoms with Crippen LogP contribution in [-0.4, -0.2) is 24.9 Å². The molecule has 0 spiro atoms. The van der Waals surface area contributed by atoms with Crippen molar-refractivity contribution >= 4 is 34.4 Å². The summed E-state index contributed by atoms with van der Waals surface area (Å²) in [5, 5.41) is 0. The molecule has 4 heteroatoms. The van der Waals surface area contributed by atoms with E-state index in [2.05, 4.69) is 42.9 Å². The van der Waals surface area contributed by atoms with Gasteiger partial charge in [0.1, 0.15) is 0 Å². The molecule has 0 aromatic rings. The monoisotopic (exact) mass is 286 g/mol. The highest BCUT2D eigenvalue weighted by Gasteiger charge is 2.16. The first-order valence-corrected chi connectivity index (χ1v) is 9.67. The molecular weight excluding hydrogens is 268 g/mol. The lowest BCUT2D eigenvalue weighted by Gasteiger charge is -2.17. The highest BCUT2D eigenvalue weighted by atomic mass is 79.9. The molecule has 0 rings (SSSR count). The van der Waals surface area contributed by atoms with E-state index in [1.807, 2.05) is 0 Å². The van der Waals surface area contributed by atoms with Gasteiger partial charge in [0.15, 0.2) is 7.38 Å². The van der Waals surface area contributed by atoms with Gasteiger partial charge in [0.2, 0.25) is 0 Å². The van der Waals surface area contributed by atoms with E-state index in [4.69, 9.17) is 15.8 Å². The number of alkyl halides is 1. The van der Waals surface area contributed by atoms with Crippen molar-refractivity contribution in [2.75, 3.05) is 13.2 Å². The van der Waals surface area contributed by atoms with Gasteiger partial charge >= 0.3 is 0 Å². The van der Waals surface area contributed by atoms with Crippen LogP contribution in [0.25, 0.3) is 0 Å². The lowest BCUT2D eigenvalue weighted by Crippen LogP contribution is -2.20. The largest absolute Gasteiger partial charge is 0.380 e. The Hall–Kier alpha value is 0.947. The zero-order chi connectivity index (χ0) is 10.5. The molecule has 13 heavy (non-hydrogen) atoms. The molecule has 0 unspecified atom stereocenters. The number of halogens is 2. The van der Waals surface area contributed by atoms with Crippen LogP contribution in [0.2, 0.25) is 19.1 Å². The minimum atomic E-state index is -1.37. The van der Waals surface area contributed by atoms with Gasteiger partial charge in [-0.3, -0.25) is 0 Å². The predicted molar refractivity (Wildman–Crippen MR) is 66.6 cm³/mol. The third-order valence-corrected chi connectivity index (χ3v) is 3.84. The highest BCUT2D eigenvalue weighted by molar-refractivity contribution is 9.10. The van der Waals surface area contributed by atoms with Gasteiger partial charge in [-0.1, -0.05) is 29.0 Å². The summed E-state index contributed by atoms with van der Waals surface area (Å²) < 4.78 is 5.61. The number of rotatable bonds is 6. The number of hydrogen-bond acceptors (Lipinski definition) is 1. The van der Waals surface area contributed by atoms with Crippen LogP contribution in [0.1, 0.15) is 20.3 Å². The van der Waals surface area contributed by atoms with Crippen molar-refractivity contribution in [2.24, 2.45) is 0 Å². The van der Waals surface area contributed by atoms with E-state index < -0.39 is 7.38 Å². The van der Waals surface area contributed by atoms with Crippen molar-refractivity contribution in [3.05, 3.63) is 0 Å². The number of ether oxygens (including phenoxy) is 1. The average molecular weight is 288 g/mol. The highest BCUT2D eigenvalue weighted by Crippen LogP contribution is 2.18. The average Bonchev–Trinajstić information content (AvgIpc) is 1.81. The maximum absolute atomic E-state index is 6.18. The van der Waals surface area contributed by atoms with Gasteiger partial charge in [-0.15, -0.1) is 0 Å². The molecule has 80 valence electrons. The SMILES string of the molecule is CC(C)(Br)COCCC[Si](C)(C)Cl. The third-order valence-electron chi connectivity index (χ3n) is 1.51. The second kappa shape index (κ2) is 5.74. The predicted octanol–water partition coefficient (Wildman–Crippen LogP) is 4.01. The van der Waals surface area contributed by atoms with Crippen LogP contribution in [0.3, 0.4) is 0 Å². The molecular formula is C9H20BrClOSi. The summed E-state index contributed by atoms with van der Waals surface area (Å²) in [6.07, 6.45) is 1.09. The zero-order valence-corrected chi connectivity index (χ0v) is 12.3. The molecule has 1 nitrogen and oxygen atoms in total. The molecule has 0 aliphatic rings. The summed E-state index contributed by atoms with van der Waals surface area (Å²) in [5.74, 6) is 0. The molecule has 0 N–H and O–H groups in total. The summed E-state index contributed by atoms with van der Waals surface area (Å²) in [7, 11) is -1.37. The van der Waals surface area contributed by atoms with Gasteiger partial charge in [0, 0.05) is 10.9 Å². The van der Waals surface area contributed by atoms with Crippen molar-refractivity contribution in [3.8, 4) is 0 Å². The van der Waals surface area contributed by atoms with E-state index in [1.165, 1.54) is 0 Å². The molecule has 0 atom stereocenters. The Bertz CT molecular complexity index is 124. The minimum Gasteiger partial charge on any atom is -0.380 e. The van der Waals surface area contributed by atoms with Crippen LogP contribution in [-0.2, 0) is 4.74 Å². The van der Waals surface area contributed by atoms with Crippen LogP contribution in [0.5, 0.6) is 0 Å². The zero-order valence-electron chi connectivity index (χ0n) is 8.99. The molecule has 0 aromatic carbocycles. The lowest BCUT2D eigenvalue weighted by atomic mass is 10.2. The van der Waals surface area contributed by atoms with E-state index in [-0.39, 0.29) is 4.32 Å².